The number of aliphatic hydroxyl groups excluding tert-OH is 1. The molecular formula is C12H15ClN2O3. The largest absolute Gasteiger partial charge is 0.378 e. The van der Waals surface area contributed by atoms with Gasteiger partial charge in [-0.15, -0.1) is 0 Å². The smallest absolute Gasteiger partial charge is 0.254 e. The second-order valence-corrected chi connectivity index (χ2v) is 4.24. The van der Waals surface area contributed by atoms with Gasteiger partial charge >= 0.3 is 0 Å². The number of nitrogens with one attached hydrogen (secondary N) is 2. The molecule has 0 heterocycles. The Morgan fingerprint density at radius 1 is 1.22 bits per heavy atom. The maximum Gasteiger partial charge on any atom is 0.254 e. The molecule has 1 rings (SSSR count). The van der Waals surface area contributed by atoms with Crippen LogP contribution < -0.4 is 10.6 Å². The van der Waals surface area contributed by atoms with E-state index in [4.69, 9.17) is 11.6 Å². The van der Waals surface area contributed by atoms with E-state index in [9.17, 15) is 14.7 Å². The van der Waals surface area contributed by atoms with E-state index >= 15 is 0 Å². The summed E-state index contributed by atoms with van der Waals surface area (Å²) in [4.78, 5) is 22.9. The van der Waals surface area contributed by atoms with E-state index in [2.05, 4.69) is 10.6 Å². The summed E-state index contributed by atoms with van der Waals surface area (Å²) in [6.07, 6.45) is -1.32. The second kappa shape index (κ2) is 6.37. The first-order valence-corrected chi connectivity index (χ1v) is 5.79. The fourth-order valence-electron chi connectivity index (χ4n) is 1.37. The second-order valence-electron chi connectivity index (χ2n) is 3.80. The highest BCUT2D eigenvalue weighted by molar-refractivity contribution is 6.30. The van der Waals surface area contributed by atoms with Gasteiger partial charge in [-0.1, -0.05) is 23.7 Å². The van der Waals surface area contributed by atoms with Crippen molar-refractivity contribution in [3.05, 3.63) is 34.9 Å². The first-order chi connectivity index (χ1) is 8.45. The van der Waals surface area contributed by atoms with Crippen LogP contribution in [0.4, 0.5) is 0 Å². The van der Waals surface area contributed by atoms with E-state index in [0.717, 1.165) is 0 Å². The van der Waals surface area contributed by atoms with E-state index in [-0.39, 0.29) is 5.91 Å². The van der Waals surface area contributed by atoms with E-state index in [0.29, 0.717) is 10.6 Å². The average Bonchev–Trinajstić information content (AvgIpc) is 2.37. The molecule has 0 aliphatic rings. The fourth-order valence-corrected chi connectivity index (χ4v) is 1.50. The topological polar surface area (TPSA) is 78.4 Å². The van der Waals surface area contributed by atoms with Gasteiger partial charge in [-0.3, -0.25) is 9.59 Å². The van der Waals surface area contributed by atoms with Crippen molar-refractivity contribution in [1.82, 2.24) is 10.6 Å². The molecule has 5 nitrogen and oxygen atoms in total. The quantitative estimate of drug-likeness (QED) is 0.751. The third-order valence-electron chi connectivity index (χ3n) is 2.43. The molecule has 0 radical (unpaired) electrons. The molecule has 2 atom stereocenters. The maximum atomic E-state index is 11.7. The Kier molecular flexibility index (Phi) is 5.12. The Hall–Kier alpha value is -1.59. The van der Waals surface area contributed by atoms with Gasteiger partial charge in [0.1, 0.15) is 6.04 Å². The van der Waals surface area contributed by atoms with Crippen molar-refractivity contribution in [1.29, 1.82) is 0 Å². The minimum atomic E-state index is -1.32. The lowest BCUT2D eigenvalue weighted by Crippen LogP contribution is -2.45. The van der Waals surface area contributed by atoms with Gasteiger partial charge in [0.2, 0.25) is 5.91 Å². The normalized spacial score (nSPS) is 13.6. The molecule has 6 heteroatoms. The highest BCUT2D eigenvalue weighted by atomic mass is 35.5. The molecule has 18 heavy (non-hydrogen) atoms. The van der Waals surface area contributed by atoms with Gasteiger partial charge in [-0.2, -0.15) is 0 Å². The number of carbonyl (C=O) groups is 2. The van der Waals surface area contributed by atoms with Crippen molar-refractivity contribution < 1.29 is 14.7 Å². The molecule has 0 fully saturated rings. The van der Waals surface area contributed by atoms with Crippen LogP contribution in [0.25, 0.3) is 0 Å². The number of hydrogen-bond acceptors (Lipinski definition) is 3. The van der Waals surface area contributed by atoms with Gasteiger partial charge in [0.15, 0.2) is 6.10 Å². The standard InChI is InChI=1S/C12H15ClN2O3/c1-7(11(17)14-2)15-12(18)10(16)8-3-5-9(13)6-4-8/h3-7,10,16H,1-2H3,(H,14,17)(H,15,18)/t7-,10?/m0/s1. The number of aliphatic hydroxyl groups is 1. The molecule has 0 bridgehead atoms. The first-order valence-electron chi connectivity index (χ1n) is 5.41. The number of carbonyl (C=O) groups excluding carboxylic acids is 2. The zero-order chi connectivity index (χ0) is 13.7. The molecule has 0 aliphatic carbocycles. The van der Waals surface area contributed by atoms with Crippen molar-refractivity contribution in [3.8, 4) is 0 Å². The summed E-state index contributed by atoms with van der Waals surface area (Å²) >= 11 is 5.71. The number of rotatable bonds is 4. The minimum absolute atomic E-state index is 0.327. The van der Waals surface area contributed by atoms with Crippen LogP contribution in [0.1, 0.15) is 18.6 Å². The Morgan fingerprint density at radius 2 is 1.78 bits per heavy atom. The molecule has 1 unspecified atom stereocenters. The van der Waals surface area contributed by atoms with Crippen molar-refractivity contribution in [3.63, 3.8) is 0 Å². The van der Waals surface area contributed by atoms with Gasteiger partial charge < -0.3 is 15.7 Å². The van der Waals surface area contributed by atoms with E-state index in [1.54, 1.807) is 24.3 Å². The maximum absolute atomic E-state index is 11.7. The number of hydrogen-bond donors (Lipinski definition) is 3. The summed E-state index contributed by atoms with van der Waals surface area (Å²) in [6.45, 7) is 1.53. The summed E-state index contributed by atoms with van der Waals surface area (Å²) < 4.78 is 0. The molecule has 3 N–H and O–H groups in total. The van der Waals surface area contributed by atoms with E-state index in [1.165, 1.54) is 14.0 Å². The predicted octanol–water partition coefficient (Wildman–Crippen LogP) is 0.624. The van der Waals surface area contributed by atoms with Crippen LogP contribution in [0.15, 0.2) is 24.3 Å². The third-order valence-corrected chi connectivity index (χ3v) is 2.68. The predicted molar refractivity (Wildman–Crippen MR) is 68.1 cm³/mol. The molecule has 1 aromatic rings. The van der Waals surface area contributed by atoms with Crippen LogP contribution >= 0.6 is 11.6 Å². The van der Waals surface area contributed by atoms with Gasteiger partial charge in [0.05, 0.1) is 0 Å². The van der Waals surface area contributed by atoms with Crippen molar-refractivity contribution in [2.75, 3.05) is 7.05 Å². The lowest BCUT2D eigenvalue weighted by Gasteiger charge is -2.16. The highest BCUT2D eigenvalue weighted by Crippen LogP contribution is 2.16. The summed E-state index contributed by atoms with van der Waals surface area (Å²) in [7, 11) is 1.47. The summed E-state index contributed by atoms with van der Waals surface area (Å²) in [5.41, 5.74) is 0.418. The zero-order valence-electron chi connectivity index (χ0n) is 10.1. The van der Waals surface area contributed by atoms with Crippen molar-refractivity contribution >= 4 is 23.4 Å². The fraction of sp³-hybridized carbons (Fsp3) is 0.333. The number of likely N-dealkylation sites (N-methyl/N-ethyl adjacent to an activating group) is 1. The molecule has 0 saturated carbocycles. The Morgan fingerprint density at radius 3 is 2.28 bits per heavy atom. The van der Waals surface area contributed by atoms with Crippen LogP contribution in [0.2, 0.25) is 5.02 Å². The third kappa shape index (κ3) is 3.72. The lowest BCUT2D eigenvalue weighted by molar-refractivity contribution is -0.133. The van der Waals surface area contributed by atoms with Gasteiger partial charge in [0.25, 0.3) is 5.91 Å². The molecular weight excluding hydrogens is 256 g/mol. The first kappa shape index (κ1) is 14.5. The molecule has 98 valence electrons. The Labute approximate surface area is 110 Å². The van der Waals surface area contributed by atoms with Gasteiger partial charge in [0, 0.05) is 12.1 Å². The number of benzene rings is 1. The average molecular weight is 271 g/mol. The van der Waals surface area contributed by atoms with Crippen molar-refractivity contribution in [2.45, 2.75) is 19.1 Å². The molecule has 0 aliphatic heterocycles. The zero-order valence-corrected chi connectivity index (χ0v) is 10.9. The number of halogens is 1. The molecule has 1 aromatic carbocycles. The number of amides is 2. The van der Waals surface area contributed by atoms with E-state index in [1.807, 2.05) is 0 Å². The van der Waals surface area contributed by atoms with Crippen LogP contribution in [-0.4, -0.2) is 30.0 Å². The summed E-state index contributed by atoms with van der Waals surface area (Å²) in [5.74, 6) is -0.958. The Balaban J connectivity index is 2.67. The monoisotopic (exact) mass is 270 g/mol. The summed E-state index contributed by atoms with van der Waals surface area (Å²) in [5, 5.41) is 15.1. The molecule has 0 saturated heterocycles. The molecule has 0 aromatic heterocycles. The van der Waals surface area contributed by atoms with Gasteiger partial charge in [-0.25, -0.2) is 0 Å². The van der Waals surface area contributed by atoms with Crippen LogP contribution in [-0.2, 0) is 9.59 Å². The highest BCUT2D eigenvalue weighted by Gasteiger charge is 2.21. The molecule has 0 spiro atoms. The molecule has 2 amide bonds. The minimum Gasteiger partial charge on any atom is -0.378 e. The Bertz CT molecular complexity index is 433. The van der Waals surface area contributed by atoms with Crippen molar-refractivity contribution in [2.24, 2.45) is 0 Å². The summed E-state index contributed by atoms with van der Waals surface area (Å²) in [6, 6.07) is 5.56. The lowest BCUT2D eigenvalue weighted by atomic mass is 10.1. The van der Waals surface area contributed by atoms with Crippen LogP contribution in [0, 0.1) is 0 Å². The van der Waals surface area contributed by atoms with Crippen LogP contribution in [0.5, 0.6) is 0 Å². The van der Waals surface area contributed by atoms with Crippen LogP contribution in [0.3, 0.4) is 0 Å². The SMILES string of the molecule is CNC(=O)[C@H](C)NC(=O)C(O)c1ccc(Cl)cc1. The van der Waals surface area contributed by atoms with E-state index < -0.39 is 18.1 Å². The van der Waals surface area contributed by atoms with Gasteiger partial charge in [-0.05, 0) is 24.6 Å².